The molecule has 8 heteroatoms. The van der Waals surface area contributed by atoms with Gasteiger partial charge in [-0.15, -0.1) is 0 Å². The molecule has 0 radical (unpaired) electrons. The number of nitrogens with zero attached hydrogens (tertiary/aromatic N) is 1. The minimum atomic E-state index is -1.07. The zero-order valence-electron chi connectivity index (χ0n) is 13.7. The molecule has 0 spiro atoms. The SMILES string of the molecule is COc1cc2c(cc1OC)N(C(=O)CCSC(C)=O)C(C(=O)O)C2. The minimum absolute atomic E-state index is 0.0780. The molecule has 0 bridgehead atoms. The van der Waals surface area contributed by atoms with E-state index >= 15 is 0 Å². The summed E-state index contributed by atoms with van der Waals surface area (Å²) in [6.45, 7) is 1.43. The number of carbonyl (C=O) groups excluding carboxylic acids is 2. The van der Waals surface area contributed by atoms with Crippen LogP contribution in [0.1, 0.15) is 18.9 Å². The molecule has 24 heavy (non-hydrogen) atoms. The van der Waals surface area contributed by atoms with Crippen LogP contribution < -0.4 is 14.4 Å². The van der Waals surface area contributed by atoms with E-state index in [9.17, 15) is 19.5 Å². The number of aliphatic carboxylic acids is 1. The highest BCUT2D eigenvalue weighted by Crippen LogP contribution is 2.41. The second kappa shape index (κ2) is 7.57. The van der Waals surface area contributed by atoms with Crippen molar-refractivity contribution in [2.75, 3.05) is 24.9 Å². The molecule has 0 fully saturated rings. The number of carboxylic acid groups (broad SMARTS) is 1. The van der Waals surface area contributed by atoms with E-state index in [0.29, 0.717) is 28.5 Å². The van der Waals surface area contributed by atoms with E-state index in [1.165, 1.54) is 26.0 Å². The smallest absolute Gasteiger partial charge is 0.327 e. The number of anilines is 1. The van der Waals surface area contributed by atoms with Gasteiger partial charge in [0.25, 0.3) is 0 Å². The monoisotopic (exact) mass is 353 g/mol. The lowest BCUT2D eigenvalue weighted by Gasteiger charge is -2.23. The second-order valence-corrected chi connectivity index (χ2v) is 6.52. The molecule has 1 heterocycles. The Morgan fingerprint density at radius 2 is 1.88 bits per heavy atom. The number of methoxy groups -OCH3 is 2. The maximum absolute atomic E-state index is 12.5. The van der Waals surface area contributed by atoms with Gasteiger partial charge in [-0.3, -0.25) is 14.5 Å². The molecule has 1 unspecified atom stereocenters. The van der Waals surface area contributed by atoms with Gasteiger partial charge in [-0.25, -0.2) is 4.79 Å². The van der Waals surface area contributed by atoms with Crippen molar-refractivity contribution >= 4 is 34.4 Å². The molecule has 0 aliphatic carbocycles. The predicted octanol–water partition coefficient (Wildman–Crippen LogP) is 1.72. The van der Waals surface area contributed by atoms with Crippen LogP contribution in [0.15, 0.2) is 12.1 Å². The topological polar surface area (TPSA) is 93.1 Å². The lowest BCUT2D eigenvalue weighted by atomic mass is 10.1. The Balaban J connectivity index is 2.33. The van der Waals surface area contributed by atoms with Crippen molar-refractivity contribution in [2.24, 2.45) is 0 Å². The van der Waals surface area contributed by atoms with E-state index < -0.39 is 12.0 Å². The van der Waals surface area contributed by atoms with Crippen LogP contribution in [0.25, 0.3) is 0 Å². The van der Waals surface area contributed by atoms with Crippen molar-refractivity contribution in [1.29, 1.82) is 0 Å². The maximum Gasteiger partial charge on any atom is 0.327 e. The van der Waals surface area contributed by atoms with Gasteiger partial charge in [0.15, 0.2) is 16.6 Å². The quantitative estimate of drug-likeness (QED) is 0.832. The summed E-state index contributed by atoms with van der Waals surface area (Å²) in [5.41, 5.74) is 1.23. The third-order valence-electron chi connectivity index (χ3n) is 3.74. The van der Waals surface area contributed by atoms with Crippen LogP contribution in [0.4, 0.5) is 5.69 Å². The summed E-state index contributed by atoms with van der Waals surface area (Å²) in [6, 6.07) is 2.35. The second-order valence-electron chi connectivity index (χ2n) is 5.25. The predicted molar refractivity (Wildman–Crippen MR) is 89.9 cm³/mol. The van der Waals surface area contributed by atoms with Gasteiger partial charge >= 0.3 is 5.97 Å². The van der Waals surface area contributed by atoms with Gasteiger partial charge in [0, 0.05) is 31.6 Å². The van der Waals surface area contributed by atoms with Crippen LogP contribution in [-0.4, -0.2) is 48.1 Å². The van der Waals surface area contributed by atoms with Gasteiger partial charge in [-0.2, -0.15) is 0 Å². The molecule has 1 amide bonds. The first-order valence-corrected chi connectivity index (χ1v) is 8.30. The van der Waals surface area contributed by atoms with Crippen LogP contribution in [0.3, 0.4) is 0 Å². The van der Waals surface area contributed by atoms with Gasteiger partial charge in [-0.05, 0) is 11.6 Å². The van der Waals surface area contributed by atoms with Crippen LogP contribution >= 0.6 is 11.8 Å². The summed E-state index contributed by atoms with van der Waals surface area (Å²) in [7, 11) is 2.97. The Morgan fingerprint density at radius 3 is 2.42 bits per heavy atom. The average molecular weight is 353 g/mol. The fraction of sp³-hybridized carbons (Fsp3) is 0.438. The highest BCUT2D eigenvalue weighted by atomic mass is 32.2. The van der Waals surface area contributed by atoms with Crippen LogP contribution in [0.2, 0.25) is 0 Å². The third-order valence-corrected chi connectivity index (χ3v) is 4.56. The summed E-state index contributed by atoms with van der Waals surface area (Å²) in [5, 5.41) is 9.38. The fourth-order valence-electron chi connectivity index (χ4n) is 2.67. The first-order valence-electron chi connectivity index (χ1n) is 7.32. The van der Waals surface area contributed by atoms with E-state index in [2.05, 4.69) is 0 Å². The van der Waals surface area contributed by atoms with Gasteiger partial charge in [0.05, 0.1) is 19.9 Å². The molecule has 1 aliphatic heterocycles. The van der Waals surface area contributed by atoms with Gasteiger partial charge in [0.2, 0.25) is 5.91 Å². The van der Waals surface area contributed by atoms with Crippen LogP contribution in [0.5, 0.6) is 11.5 Å². The normalized spacial score (nSPS) is 15.8. The standard InChI is InChI=1S/C16H19NO6S/c1-9(18)24-5-4-15(19)17-11-8-14(23-3)13(22-2)7-10(11)6-12(17)16(20)21/h7-8,12H,4-6H2,1-3H3,(H,20,21). The Morgan fingerprint density at radius 1 is 1.25 bits per heavy atom. The van der Waals surface area contributed by atoms with Crippen molar-refractivity contribution in [2.45, 2.75) is 25.8 Å². The van der Waals surface area contributed by atoms with Crippen molar-refractivity contribution in [1.82, 2.24) is 0 Å². The van der Waals surface area contributed by atoms with Gasteiger partial charge < -0.3 is 14.6 Å². The molecule has 1 aliphatic rings. The van der Waals surface area contributed by atoms with Gasteiger partial charge in [0.1, 0.15) is 6.04 Å². The van der Waals surface area contributed by atoms with E-state index in [-0.39, 0.29) is 23.9 Å². The van der Waals surface area contributed by atoms with E-state index in [1.807, 2.05) is 0 Å². The zero-order valence-corrected chi connectivity index (χ0v) is 14.5. The number of fused-ring (bicyclic) bond motifs is 1. The van der Waals surface area contributed by atoms with Crippen molar-refractivity contribution in [3.63, 3.8) is 0 Å². The maximum atomic E-state index is 12.5. The summed E-state index contributed by atoms with van der Waals surface area (Å²) in [5.74, 6) is -0.168. The number of benzene rings is 1. The van der Waals surface area contributed by atoms with E-state index in [0.717, 1.165) is 11.8 Å². The molecule has 1 aromatic carbocycles. The molecule has 0 saturated heterocycles. The molecular weight excluding hydrogens is 334 g/mol. The highest BCUT2D eigenvalue weighted by Gasteiger charge is 2.39. The minimum Gasteiger partial charge on any atom is -0.493 e. The molecule has 1 atom stereocenters. The molecule has 0 aromatic heterocycles. The molecule has 2 rings (SSSR count). The molecule has 1 aromatic rings. The molecule has 7 nitrogen and oxygen atoms in total. The van der Waals surface area contributed by atoms with Crippen LogP contribution in [0, 0.1) is 0 Å². The Kier molecular flexibility index (Phi) is 5.71. The number of ether oxygens (including phenoxy) is 2. The Bertz CT molecular complexity index is 675. The number of hydrogen-bond donors (Lipinski definition) is 1. The lowest BCUT2D eigenvalue weighted by Crippen LogP contribution is -2.43. The number of carbonyl (C=O) groups is 3. The third kappa shape index (κ3) is 3.64. The lowest BCUT2D eigenvalue weighted by molar-refractivity contribution is -0.139. The molecule has 130 valence electrons. The summed E-state index contributed by atoms with van der Waals surface area (Å²) >= 11 is 1.04. The van der Waals surface area contributed by atoms with Crippen molar-refractivity contribution in [3.8, 4) is 11.5 Å². The number of carboxylic acids is 1. The molecular formula is C16H19NO6S. The Labute approximate surface area is 143 Å². The number of amides is 1. The van der Waals surface area contributed by atoms with E-state index in [4.69, 9.17) is 9.47 Å². The van der Waals surface area contributed by atoms with Crippen molar-refractivity contribution in [3.05, 3.63) is 17.7 Å². The number of hydrogen-bond acceptors (Lipinski definition) is 6. The van der Waals surface area contributed by atoms with Crippen LogP contribution in [-0.2, 0) is 20.8 Å². The van der Waals surface area contributed by atoms with E-state index in [1.54, 1.807) is 12.1 Å². The first kappa shape index (κ1) is 18.1. The summed E-state index contributed by atoms with van der Waals surface area (Å²) < 4.78 is 10.5. The number of thioether (sulfide) groups is 1. The Hall–Kier alpha value is -2.22. The zero-order chi connectivity index (χ0) is 17.9. The summed E-state index contributed by atoms with van der Waals surface area (Å²) in [4.78, 5) is 36.3. The fourth-order valence-corrected chi connectivity index (χ4v) is 3.24. The molecule has 1 N–H and O–H groups in total. The summed E-state index contributed by atoms with van der Waals surface area (Å²) in [6.07, 6.45) is 0.290. The largest absolute Gasteiger partial charge is 0.493 e. The van der Waals surface area contributed by atoms with Gasteiger partial charge in [-0.1, -0.05) is 11.8 Å². The average Bonchev–Trinajstić information content (AvgIpc) is 2.91. The van der Waals surface area contributed by atoms with Crippen molar-refractivity contribution < 1.29 is 29.0 Å². The highest BCUT2D eigenvalue weighted by molar-refractivity contribution is 8.13. The first-order chi connectivity index (χ1) is 11.4. The number of rotatable bonds is 6. The molecule has 0 saturated carbocycles.